The molecule has 3 aromatic heterocycles. The maximum absolute atomic E-state index is 13.2. The maximum Gasteiger partial charge on any atom is 0.417 e. The van der Waals surface area contributed by atoms with E-state index in [1.165, 1.54) is 7.05 Å². The second kappa shape index (κ2) is 9.72. The summed E-state index contributed by atoms with van der Waals surface area (Å²) in [5.41, 5.74) is -1.37. The molecule has 0 saturated carbocycles. The SMILES string of the molecule is CN(C(=O)Nc1cc(C(F)(F)F)cn(C)c1=O)[C@@H]1CCN(c2cnc3[nH]ncc3c2)C[C@H]1OC(F)F. The number of aromatic nitrogens is 4. The number of rotatable bonds is 5. The molecule has 1 aliphatic rings. The quantitative estimate of drug-likeness (QED) is 0.506. The van der Waals surface area contributed by atoms with E-state index in [1.807, 2.05) is 0 Å². The van der Waals surface area contributed by atoms with Crippen LogP contribution in [0.3, 0.4) is 0 Å². The average Bonchev–Trinajstić information content (AvgIpc) is 3.28. The van der Waals surface area contributed by atoms with Crippen molar-refractivity contribution in [3.05, 3.63) is 46.6 Å². The molecule has 0 spiro atoms. The van der Waals surface area contributed by atoms with Crippen molar-refractivity contribution in [1.29, 1.82) is 0 Å². The van der Waals surface area contributed by atoms with Gasteiger partial charge in [0.2, 0.25) is 0 Å². The van der Waals surface area contributed by atoms with Gasteiger partial charge in [0.1, 0.15) is 11.8 Å². The van der Waals surface area contributed by atoms with Crippen LogP contribution in [0.2, 0.25) is 0 Å². The predicted octanol–water partition coefficient (Wildman–Crippen LogP) is 3.03. The zero-order chi connectivity index (χ0) is 26.2. The van der Waals surface area contributed by atoms with E-state index >= 15 is 0 Å². The minimum absolute atomic E-state index is 0.0109. The van der Waals surface area contributed by atoms with Crippen LogP contribution in [0.1, 0.15) is 12.0 Å². The molecule has 0 radical (unpaired) electrons. The van der Waals surface area contributed by atoms with Crippen molar-refractivity contribution < 1.29 is 31.5 Å². The van der Waals surface area contributed by atoms with E-state index in [-0.39, 0.29) is 13.0 Å². The number of fused-ring (bicyclic) bond motifs is 1. The topological polar surface area (TPSA) is 108 Å². The fraction of sp³-hybridized carbons (Fsp3) is 0.429. The van der Waals surface area contributed by atoms with Crippen LogP contribution in [0.5, 0.6) is 0 Å². The number of nitrogens with one attached hydrogen (secondary N) is 2. The third-order valence-electron chi connectivity index (χ3n) is 6.01. The number of pyridine rings is 2. The number of nitrogens with zero attached hydrogens (tertiary/aromatic N) is 5. The van der Waals surface area contributed by atoms with E-state index in [4.69, 9.17) is 4.74 Å². The molecule has 1 fully saturated rings. The van der Waals surface area contributed by atoms with E-state index in [0.29, 0.717) is 34.7 Å². The summed E-state index contributed by atoms with van der Waals surface area (Å²) in [5, 5.41) is 9.50. The summed E-state index contributed by atoms with van der Waals surface area (Å²) in [6.45, 7) is -2.79. The first-order valence-corrected chi connectivity index (χ1v) is 10.7. The molecule has 0 aromatic carbocycles. The maximum atomic E-state index is 13.2. The number of H-pyrrole nitrogens is 1. The van der Waals surface area contributed by atoms with Gasteiger partial charge in [-0.05, 0) is 18.6 Å². The van der Waals surface area contributed by atoms with Gasteiger partial charge in [-0.15, -0.1) is 0 Å². The number of hydrogen-bond donors (Lipinski definition) is 2. The van der Waals surface area contributed by atoms with Crippen LogP contribution in [0.25, 0.3) is 11.0 Å². The number of halogens is 5. The van der Waals surface area contributed by atoms with Crippen molar-refractivity contribution in [2.75, 3.05) is 30.4 Å². The molecule has 1 saturated heterocycles. The van der Waals surface area contributed by atoms with Crippen molar-refractivity contribution >= 4 is 28.4 Å². The third kappa shape index (κ3) is 5.24. The van der Waals surface area contributed by atoms with E-state index in [0.717, 1.165) is 17.3 Å². The predicted molar refractivity (Wildman–Crippen MR) is 119 cm³/mol. The Morgan fingerprint density at radius 2 is 2.06 bits per heavy atom. The number of aromatic amines is 1. The molecule has 0 aliphatic carbocycles. The van der Waals surface area contributed by atoms with Crippen molar-refractivity contribution in [1.82, 2.24) is 24.6 Å². The lowest BCUT2D eigenvalue weighted by Crippen LogP contribution is -2.57. The largest absolute Gasteiger partial charge is 0.417 e. The van der Waals surface area contributed by atoms with Gasteiger partial charge in [-0.25, -0.2) is 9.78 Å². The molecule has 2 atom stereocenters. The molecule has 3 aromatic rings. The van der Waals surface area contributed by atoms with Crippen molar-refractivity contribution in [3.63, 3.8) is 0 Å². The molecule has 2 amide bonds. The molecule has 2 N–H and O–H groups in total. The summed E-state index contributed by atoms with van der Waals surface area (Å²) in [6, 6.07) is 0.526. The minimum atomic E-state index is -4.74. The highest BCUT2D eigenvalue weighted by Crippen LogP contribution is 2.30. The number of likely N-dealkylation sites (N-methyl/N-ethyl adjacent to an activating group) is 1. The highest BCUT2D eigenvalue weighted by Gasteiger charge is 2.37. The highest BCUT2D eigenvalue weighted by atomic mass is 19.4. The number of amides is 2. The normalized spacial score (nSPS) is 18.6. The zero-order valence-electron chi connectivity index (χ0n) is 19.1. The summed E-state index contributed by atoms with van der Waals surface area (Å²) in [5.74, 6) is 0. The molecule has 4 rings (SSSR count). The molecule has 10 nitrogen and oxygen atoms in total. The van der Waals surface area contributed by atoms with Crippen LogP contribution in [0.4, 0.5) is 38.1 Å². The van der Waals surface area contributed by atoms with Crippen LogP contribution in [-0.2, 0) is 18.0 Å². The van der Waals surface area contributed by atoms with Gasteiger partial charge in [-0.3, -0.25) is 9.89 Å². The van der Waals surface area contributed by atoms with Crippen LogP contribution in [-0.4, -0.2) is 69.6 Å². The van der Waals surface area contributed by atoms with Gasteiger partial charge in [0.25, 0.3) is 5.56 Å². The lowest BCUT2D eigenvalue weighted by Gasteiger charge is -2.42. The molecule has 0 bridgehead atoms. The van der Waals surface area contributed by atoms with E-state index in [1.54, 1.807) is 23.4 Å². The first kappa shape index (κ1) is 25.3. The first-order chi connectivity index (χ1) is 16.9. The van der Waals surface area contributed by atoms with Gasteiger partial charge >= 0.3 is 18.8 Å². The number of aryl methyl sites for hydroxylation is 1. The number of hydrogen-bond acceptors (Lipinski definition) is 6. The van der Waals surface area contributed by atoms with Crippen LogP contribution >= 0.6 is 0 Å². The Morgan fingerprint density at radius 3 is 2.75 bits per heavy atom. The number of carbonyl (C=O) groups is 1. The van der Waals surface area contributed by atoms with Gasteiger partial charge in [0.05, 0.1) is 29.7 Å². The molecule has 194 valence electrons. The number of piperidine rings is 1. The lowest BCUT2D eigenvalue weighted by atomic mass is 10.00. The van der Waals surface area contributed by atoms with Gasteiger partial charge < -0.3 is 24.4 Å². The van der Waals surface area contributed by atoms with Gasteiger partial charge in [-0.1, -0.05) is 0 Å². The van der Waals surface area contributed by atoms with Crippen molar-refractivity contribution in [2.24, 2.45) is 7.05 Å². The summed E-state index contributed by atoms with van der Waals surface area (Å²) < 4.78 is 71.4. The summed E-state index contributed by atoms with van der Waals surface area (Å²) in [7, 11) is 2.42. The molecule has 36 heavy (non-hydrogen) atoms. The second-order valence-electron chi connectivity index (χ2n) is 8.34. The van der Waals surface area contributed by atoms with E-state index in [9.17, 15) is 31.5 Å². The van der Waals surface area contributed by atoms with Gasteiger partial charge in [0.15, 0.2) is 5.65 Å². The Hall–Kier alpha value is -3.75. The molecule has 15 heteroatoms. The number of alkyl halides is 5. The lowest BCUT2D eigenvalue weighted by molar-refractivity contribution is -0.176. The molecule has 0 unspecified atom stereocenters. The third-order valence-corrected chi connectivity index (χ3v) is 6.01. The summed E-state index contributed by atoms with van der Waals surface area (Å²) in [4.78, 5) is 32.2. The van der Waals surface area contributed by atoms with Gasteiger partial charge in [-0.2, -0.15) is 27.1 Å². The number of carbonyl (C=O) groups excluding carboxylic acids is 1. The first-order valence-electron chi connectivity index (χ1n) is 10.7. The smallest absolute Gasteiger partial charge is 0.367 e. The van der Waals surface area contributed by atoms with Crippen LogP contribution in [0.15, 0.2) is 35.5 Å². The van der Waals surface area contributed by atoms with Crippen molar-refractivity contribution in [3.8, 4) is 0 Å². The summed E-state index contributed by atoms with van der Waals surface area (Å²) >= 11 is 0. The number of ether oxygens (including phenoxy) is 1. The Morgan fingerprint density at radius 1 is 1.31 bits per heavy atom. The fourth-order valence-corrected chi connectivity index (χ4v) is 4.16. The average molecular weight is 515 g/mol. The molecular weight excluding hydrogens is 493 g/mol. The zero-order valence-corrected chi connectivity index (χ0v) is 19.1. The fourth-order valence-electron chi connectivity index (χ4n) is 4.16. The number of anilines is 2. The minimum Gasteiger partial charge on any atom is -0.367 e. The van der Waals surface area contributed by atoms with Crippen LogP contribution < -0.4 is 15.8 Å². The highest BCUT2D eigenvalue weighted by molar-refractivity contribution is 5.89. The Kier molecular flexibility index (Phi) is 6.84. The Balaban J connectivity index is 1.52. The molecule has 4 heterocycles. The monoisotopic (exact) mass is 515 g/mol. The Labute approximate surface area is 200 Å². The number of urea groups is 1. The second-order valence-corrected chi connectivity index (χ2v) is 8.34. The molecular formula is C21H22F5N7O3. The van der Waals surface area contributed by atoms with E-state index in [2.05, 4.69) is 20.5 Å². The van der Waals surface area contributed by atoms with Gasteiger partial charge in [0, 0.05) is 38.8 Å². The standard InChI is InChI=1S/C21H22F5N7O3/c1-31-9-12(21(24,25)26)6-14(18(31)34)29-20(35)32(2)15-3-4-33(10-16(15)36-19(22)23)13-5-11-7-28-30-17(11)27-8-13/h5-9,15-16,19H,3-4,10H2,1-2H3,(H,29,35)(H,27,28,30)/t15-,16-/m1/s1. The van der Waals surface area contributed by atoms with E-state index < -0.39 is 47.8 Å². The Bertz CT molecular complexity index is 1310. The summed E-state index contributed by atoms with van der Waals surface area (Å²) in [6.07, 6.45) is -1.94. The van der Waals surface area contributed by atoms with Crippen LogP contribution in [0, 0.1) is 0 Å². The van der Waals surface area contributed by atoms with Crippen molar-refractivity contribution in [2.45, 2.75) is 31.4 Å². The molecule has 1 aliphatic heterocycles.